The Balaban J connectivity index is 2.05. The number of benzene rings is 3. The molecule has 0 bridgehead atoms. The minimum absolute atomic E-state index is 0.00413. The van der Waals surface area contributed by atoms with E-state index in [-0.39, 0.29) is 17.3 Å². The highest BCUT2D eigenvalue weighted by molar-refractivity contribution is 6.08. The van der Waals surface area contributed by atoms with Crippen LogP contribution in [0.3, 0.4) is 0 Å². The third-order valence-corrected chi connectivity index (χ3v) is 4.47. The number of hydrogen-bond donors (Lipinski definition) is 4. The van der Waals surface area contributed by atoms with E-state index in [4.69, 9.17) is 11.1 Å². The standard InChI is InChI=1S/C23H20FN3O2/c1-14(28)27-22-9-8-17(11-21(22)24)20-7-3-6-19(23(20)29)16-5-2-4-15(10-16)18(12-25)13-26/h2-13,25,29H,26H2,1H3,(H,27,28)/b18-13+,25-12?. The Morgan fingerprint density at radius 3 is 2.31 bits per heavy atom. The number of para-hydroxylation sites is 1. The van der Waals surface area contributed by atoms with Crippen LogP contribution in [0, 0.1) is 11.2 Å². The van der Waals surface area contributed by atoms with Gasteiger partial charge in [0, 0.05) is 36.0 Å². The van der Waals surface area contributed by atoms with E-state index in [1.807, 2.05) is 24.3 Å². The van der Waals surface area contributed by atoms with Gasteiger partial charge < -0.3 is 21.6 Å². The van der Waals surface area contributed by atoms with Gasteiger partial charge in [0.1, 0.15) is 11.6 Å². The number of carbonyl (C=O) groups is 1. The van der Waals surface area contributed by atoms with Crippen molar-refractivity contribution in [2.45, 2.75) is 6.92 Å². The fraction of sp³-hybridized carbons (Fsp3) is 0.0435. The number of carbonyl (C=O) groups excluding carboxylic acids is 1. The number of nitrogens with two attached hydrogens (primary N) is 1. The second-order valence-corrected chi connectivity index (χ2v) is 6.42. The molecule has 3 aromatic rings. The summed E-state index contributed by atoms with van der Waals surface area (Å²) >= 11 is 0. The van der Waals surface area contributed by atoms with E-state index in [2.05, 4.69) is 5.32 Å². The number of halogens is 1. The number of rotatable bonds is 5. The van der Waals surface area contributed by atoms with Gasteiger partial charge in [-0.3, -0.25) is 4.79 Å². The van der Waals surface area contributed by atoms with Crippen LogP contribution in [0.5, 0.6) is 5.75 Å². The molecule has 1 amide bonds. The second-order valence-electron chi connectivity index (χ2n) is 6.42. The Kier molecular flexibility index (Phi) is 5.74. The predicted octanol–water partition coefficient (Wildman–Crippen LogP) is 4.77. The summed E-state index contributed by atoms with van der Waals surface area (Å²) in [6.45, 7) is 1.31. The van der Waals surface area contributed by atoms with E-state index in [1.165, 1.54) is 25.3 Å². The van der Waals surface area contributed by atoms with Crippen molar-refractivity contribution in [2.75, 3.05) is 5.32 Å². The lowest BCUT2D eigenvalue weighted by Crippen LogP contribution is -2.07. The van der Waals surface area contributed by atoms with Gasteiger partial charge in [-0.05, 0) is 34.9 Å². The lowest BCUT2D eigenvalue weighted by Gasteiger charge is -2.13. The van der Waals surface area contributed by atoms with Crippen molar-refractivity contribution >= 4 is 23.4 Å². The molecule has 0 atom stereocenters. The molecule has 0 aliphatic heterocycles. The molecule has 0 aliphatic carbocycles. The fourth-order valence-corrected chi connectivity index (χ4v) is 3.08. The summed E-state index contributed by atoms with van der Waals surface area (Å²) in [5.41, 5.74) is 9.19. The third kappa shape index (κ3) is 4.16. The van der Waals surface area contributed by atoms with Crippen LogP contribution in [-0.4, -0.2) is 17.2 Å². The average Bonchev–Trinajstić information content (AvgIpc) is 2.71. The van der Waals surface area contributed by atoms with Crippen molar-refractivity contribution in [1.82, 2.24) is 0 Å². The van der Waals surface area contributed by atoms with E-state index >= 15 is 0 Å². The first kappa shape index (κ1) is 19.8. The van der Waals surface area contributed by atoms with Gasteiger partial charge in [-0.2, -0.15) is 0 Å². The maximum absolute atomic E-state index is 14.3. The van der Waals surface area contributed by atoms with Crippen molar-refractivity contribution in [3.05, 3.63) is 78.2 Å². The second kappa shape index (κ2) is 8.39. The molecular formula is C23H20FN3O2. The zero-order valence-corrected chi connectivity index (χ0v) is 15.7. The zero-order valence-electron chi connectivity index (χ0n) is 15.7. The summed E-state index contributed by atoms with van der Waals surface area (Å²) in [6.07, 6.45) is 2.51. The number of anilines is 1. The first-order valence-electron chi connectivity index (χ1n) is 8.87. The number of phenols is 1. The molecule has 5 nitrogen and oxygen atoms in total. The number of hydrogen-bond acceptors (Lipinski definition) is 4. The van der Waals surface area contributed by atoms with Gasteiger partial charge in [0.15, 0.2) is 0 Å². The number of nitrogens with one attached hydrogen (secondary N) is 2. The molecule has 0 saturated carbocycles. The van der Waals surface area contributed by atoms with Crippen LogP contribution in [-0.2, 0) is 4.79 Å². The van der Waals surface area contributed by atoms with E-state index in [0.29, 0.717) is 22.3 Å². The fourth-order valence-electron chi connectivity index (χ4n) is 3.08. The van der Waals surface area contributed by atoms with Crippen LogP contribution in [0.25, 0.3) is 27.8 Å². The minimum atomic E-state index is -0.590. The highest BCUT2D eigenvalue weighted by atomic mass is 19.1. The van der Waals surface area contributed by atoms with Gasteiger partial charge in [-0.25, -0.2) is 4.39 Å². The van der Waals surface area contributed by atoms with Crippen LogP contribution >= 0.6 is 0 Å². The minimum Gasteiger partial charge on any atom is -0.507 e. The Labute approximate surface area is 167 Å². The molecule has 0 unspecified atom stereocenters. The van der Waals surface area contributed by atoms with Crippen molar-refractivity contribution in [3.63, 3.8) is 0 Å². The van der Waals surface area contributed by atoms with Crippen LogP contribution < -0.4 is 11.1 Å². The van der Waals surface area contributed by atoms with Crippen LogP contribution in [0.2, 0.25) is 0 Å². The van der Waals surface area contributed by atoms with Gasteiger partial charge in [-0.1, -0.05) is 42.5 Å². The molecule has 0 aromatic heterocycles. The monoisotopic (exact) mass is 389 g/mol. The maximum Gasteiger partial charge on any atom is 0.221 e. The Morgan fingerprint density at radius 1 is 1.07 bits per heavy atom. The van der Waals surface area contributed by atoms with Gasteiger partial charge >= 0.3 is 0 Å². The molecule has 6 heteroatoms. The van der Waals surface area contributed by atoms with Gasteiger partial charge in [0.2, 0.25) is 5.91 Å². The lowest BCUT2D eigenvalue weighted by molar-refractivity contribution is -0.114. The molecule has 0 radical (unpaired) electrons. The van der Waals surface area contributed by atoms with Crippen molar-refractivity contribution in [1.29, 1.82) is 5.41 Å². The largest absolute Gasteiger partial charge is 0.507 e. The van der Waals surface area contributed by atoms with Crippen molar-refractivity contribution in [2.24, 2.45) is 5.73 Å². The zero-order chi connectivity index (χ0) is 21.0. The molecule has 0 heterocycles. The SMILES string of the molecule is CC(=O)Nc1ccc(-c2cccc(-c3cccc(/C(C=N)=C/N)c3)c2O)cc1F. The quantitative estimate of drug-likeness (QED) is 0.473. The first-order valence-corrected chi connectivity index (χ1v) is 8.87. The molecule has 0 saturated heterocycles. The lowest BCUT2D eigenvalue weighted by atomic mass is 9.95. The summed E-state index contributed by atoms with van der Waals surface area (Å²) in [6, 6.07) is 16.9. The third-order valence-electron chi connectivity index (χ3n) is 4.47. The predicted molar refractivity (Wildman–Crippen MR) is 114 cm³/mol. The Morgan fingerprint density at radius 2 is 1.72 bits per heavy atom. The highest BCUT2D eigenvalue weighted by Gasteiger charge is 2.14. The Hall–Kier alpha value is -3.93. The summed E-state index contributed by atoms with van der Waals surface area (Å²) < 4.78 is 14.3. The first-order chi connectivity index (χ1) is 13.9. The number of allylic oxidation sites excluding steroid dienone is 1. The van der Waals surface area contributed by atoms with Gasteiger partial charge in [0.25, 0.3) is 0 Å². The molecular weight excluding hydrogens is 369 g/mol. The summed E-state index contributed by atoms with van der Waals surface area (Å²) in [5, 5.41) is 20.7. The Bertz CT molecular complexity index is 1120. The molecule has 3 rings (SSSR count). The van der Waals surface area contributed by atoms with Crippen molar-refractivity contribution < 1.29 is 14.3 Å². The topological polar surface area (TPSA) is 99.2 Å². The summed E-state index contributed by atoms with van der Waals surface area (Å²) in [5.74, 6) is -0.949. The number of aromatic hydroxyl groups is 1. The van der Waals surface area contributed by atoms with E-state index in [1.54, 1.807) is 24.3 Å². The number of phenolic OH excluding ortho intramolecular Hbond substituents is 1. The normalized spacial score (nSPS) is 11.2. The smallest absolute Gasteiger partial charge is 0.221 e. The van der Waals surface area contributed by atoms with Gasteiger partial charge in [-0.15, -0.1) is 0 Å². The molecule has 146 valence electrons. The summed E-state index contributed by atoms with van der Waals surface area (Å²) in [7, 11) is 0. The van der Waals surface area contributed by atoms with Gasteiger partial charge in [0.05, 0.1) is 5.69 Å². The molecule has 29 heavy (non-hydrogen) atoms. The average molecular weight is 389 g/mol. The van der Waals surface area contributed by atoms with Crippen LogP contribution in [0.15, 0.2) is 66.9 Å². The molecule has 3 aromatic carbocycles. The molecule has 5 N–H and O–H groups in total. The molecule has 0 spiro atoms. The van der Waals surface area contributed by atoms with E-state index in [0.717, 1.165) is 17.3 Å². The molecule has 0 fully saturated rings. The number of amides is 1. The summed E-state index contributed by atoms with van der Waals surface area (Å²) in [4.78, 5) is 11.2. The highest BCUT2D eigenvalue weighted by Crippen LogP contribution is 2.39. The van der Waals surface area contributed by atoms with E-state index in [9.17, 15) is 14.3 Å². The van der Waals surface area contributed by atoms with Crippen LogP contribution in [0.1, 0.15) is 12.5 Å². The molecule has 0 aliphatic rings. The van der Waals surface area contributed by atoms with Crippen LogP contribution in [0.4, 0.5) is 10.1 Å². The van der Waals surface area contributed by atoms with Crippen molar-refractivity contribution in [3.8, 4) is 28.0 Å². The maximum atomic E-state index is 14.3. The van der Waals surface area contributed by atoms with E-state index < -0.39 is 5.82 Å².